The van der Waals surface area contributed by atoms with Crippen LogP contribution < -0.4 is 15.2 Å². The van der Waals surface area contributed by atoms with Gasteiger partial charge in [-0.25, -0.2) is 9.36 Å². The average molecular weight is 352 g/mol. The molecule has 4 rings (SSSR count). The average Bonchev–Trinajstić information content (AvgIpc) is 3.05. The first-order valence-corrected chi connectivity index (χ1v) is 8.42. The summed E-state index contributed by atoms with van der Waals surface area (Å²) in [6.45, 7) is 6.51. The van der Waals surface area contributed by atoms with Crippen LogP contribution in [0.1, 0.15) is 25.1 Å². The number of ether oxygens (including phenoxy) is 2. The van der Waals surface area contributed by atoms with Crippen molar-refractivity contribution in [2.75, 3.05) is 6.61 Å². The standard InChI is InChI=1S/C20H20N2O4/c1-12-18(23)22(19(24)21-12)13-7-9-14(10-8-13)26-16-6-4-5-15-17(16)20(2,3)11-25-15/h4-10,23H,11H2,1-3H3,(H,21,24). The number of imidazole rings is 1. The van der Waals surface area contributed by atoms with E-state index in [-0.39, 0.29) is 17.0 Å². The minimum Gasteiger partial charge on any atom is -0.493 e. The number of nitrogens with zero attached hydrogens (tertiary/aromatic N) is 1. The molecule has 1 aliphatic rings. The lowest BCUT2D eigenvalue weighted by Crippen LogP contribution is -2.19. The van der Waals surface area contributed by atoms with Crippen molar-refractivity contribution < 1.29 is 14.6 Å². The smallest absolute Gasteiger partial charge is 0.333 e. The summed E-state index contributed by atoms with van der Waals surface area (Å²) >= 11 is 0. The highest BCUT2D eigenvalue weighted by atomic mass is 16.5. The van der Waals surface area contributed by atoms with Gasteiger partial charge in [0.05, 0.1) is 18.0 Å². The number of aromatic amines is 1. The van der Waals surface area contributed by atoms with Crippen LogP contribution in [0.25, 0.3) is 5.69 Å². The van der Waals surface area contributed by atoms with Gasteiger partial charge < -0.3 is 19.6 Å². The molecule has 6 nitrogen and oxygen atoms in total. The Morgan fingerprint density at radius 1 is 1.19 bits per heavy atom. The molecule has 0 radical (unpaired) electrons. The molecule has 134 valence electrons. The number of fused-ring (bicyclic) bond motifs is 1. The zero-order chi connectivity index (χ0) is 18.5. The van der Waals surface area contributed by atoms with Crippen LogP contribution in [0.4, 0.5) is 0 Å². The van der Waals surface area contributed by atoms with Gasteiger partial charge in [0.2, 0.25) is 5.88 Å². The van der Waals surface area contributed by atoms with Gasteiger partial charge in [-0.2, -0.15) is 0 Å². The van der Waals surface area contributed by atoms with Crippen LogP contribution >= 0.6 is 0 Å². The van der Waals surface area contributed by atoms with Gasteiger partial charge in [-0.05, 0) is 43.3 Å². The summed E-state index contributed by atoms with van der Waals surface area (Å²) in [5.41, 5.74) is 1.55. The van der Waals surface area contributed by atoms with Gasteiger partial charge in [-0.3, -0.25) is 0 Å². The van der Waals surface area contributed by atoms with E-state index in [2.05, 4.69) is 18.8 Å². The SMILES string of the molecule is Cc1[nH]c(=O)n(-c2ccc(Oc3cccc4c3C(C)(C)CO4)cc2)c1O. The molecule has 0 spiro atoms. The molecule has 0 atom stereocenters. The van der Waals surface area contributed by atoms with Crippen LogP contribution in [-0.4, -0.2) is 21.3 Å². The van der Waals surface area contributed by atoms with Gasteiger partial charge in [-0.1, -0.05) is 19.9 Å². The van der Waals surface area contributed by atoms with E-state index in [1.54, 1.807) is 31.2 Å². The van der Waals surface area contributed by atoms with Crippen molar-refractivity contribution in [1.82, 2.24) is 9.55 Å². The maximum atomic E-state index is 11.9. The summed E-state index contributed by atoms with van der Waals surface area (Å²) in [5, 5.41) is 10.0. The number of H-pyrrole nitrogens is 1. The molecular formula is C20H20N2O4. The number of aromatic nitrogens is 2. The maximum absolute atomic E-state index is 11.9. The first-order valence-electron chi connectivity index (χ1n) is 8.42. The monoisotopic (exact) mass is 352 g/mol. The maximum Gasteiger partial charge on any atom is 0.333 e. The molecular weight excluding hydrogens is 332 g/mol. The van der Waals surface area contributed by atoms with Crippen molar-refractivity contribution in [1.29, 1.82) is 0 Å². The van der Waals surface area contributed by atoms with Crippen LogP contribution in [-0.2, 0) is 5.41 Å². The molecule has 0 bridgehead atoms. The van der Waals surface area contributed by atoms with E-state index in [1.165, 1.54) is 4.57 Å². The van der Waals surface area contributed by atoms with Crippen LogP contribution in [0.5, 0.6) is 23.1 Å². The van der Waals surface area contributed by atoms with Crippen LogP contribution in [0, 0.1) is 6.92 Å². The van der Waals surface area contributed by atoms with Crippen molar-refractivity contribution >= 4 is 0 Å². The lowest BCUT2D eigenvalue weighted by molar-refractivity contribution is 0.290. The van der Waals surface area contributed by atoms with E-state index in [0.717, 1.165) is 17.1 Å². The van der Waals surface area contributed by atoms with Gasteiger partial charge in [0, 0.05) is 11.0 Å². The van der Waals surface area contributed by atoms with Crippen LogP contribution in [0.15, 0.2) is 47.3 Å². The summed E-state index contributed by atoms with van der Waals surface area (Å²) in [6, 6.07) is 12.8. The fraction of sp³-hybridized carbons (Fsp3) is 0.250. The Bertz CT molecular complexity index is 1030. The molecule has 3 aromatic rings. The van der Waals surface area contributed by atoms with E-state index < -0.39 is 0 Å². The van der Waals surface area contributed by atoms with Crippen molar-refractivity contribution in [3.63, 3.8) is 0 Å². The Balaban J connectivity index is 1.66. The summed E-state index contributed by atoms with van der Waals surface area (Å²) in [6.07, 6.45) is 0. The van der Waals surface area contributed by atoms with Crippen molar-refractivity contribution in [3.8, 4) is 28.8 Å². The second-order valence-electron chi connectivity index (χ2n) is 7.11. The highest BCUT2D eigenvalue weighted by Crippen LogP contribution is 2.45. The Hall–Kier alpha value is -3.15. The molecule has 0 amide bonds. The second kappa shape index (κ2) is 5.69. The molecule has 2 aromatic carbocycles. The van der Waals surface area contributed by atoms with Crippen LogP contribution in [0.2, 0.25) is 0 Å². The lowest BCUT2D eigenvalue weighted by Gasteiger charge is -2.19. The number of rotatable bonds is 3. The third-order valence-electron chi connectivity index (χ3n) is 4.62. The van der Waals surface area contributed by atoms with E-state index in [9.17, 15) is 9.90 Å². The van der Waals surface area contributed by atoms with E-state index in [1.807, 2.05) is 18.2 Å². The predicted molar refractivity (Wildman–Crippen MR) is 97.8 cm³/mol. The largest absolute Gasteiger partial charge is 0.493 e. The van der Waals surface area contributed by atoms with Crippen molar-refractivity contribution in [3.05, 3.63) is 64.2 Å². The second-order valence-corrected chi connectivity index (χ2v) is 7.11. The van der Waals surface area contributed by atoms with Gasteiger partial charge in [0.1, 0.15) is 17.2 Å². The van der Waals surface area contributed by atoms with E-state index >= 15 is 0 Å². The fourth-order valence-corrected chi connectivity index (χ4v) is 3.28. The summed E-state index contributed by atoms with van der Waals surface area (Å²) in [7, 11) is 0. The Morgan fingerprint density at radius 3 is 2.58 bits per heavy atom. The molecule has 0 fully saturated rings. The molecule has 6 heteroatoms. The van der Waals surface area contributed by atoms with Gasteiger partial charge >= 0.3 is 5.69 Å². The Kier molecular flexibility index (Phi) is 3.57. The molecule has 0 unspecified atom stereocenters. The first-order chi connectivity index (χ1) is 12.4. The minimum atomic E-state index is -0.381. The number of hydrogen-bond acceptors (Lipinski definition) is 4. The number of benzene rings is 2. The summed E-state index contributed by atoms with van der Waals surface area (Å²) in [4.78, 5) is 14.5. The predicted octanol–water partition coefficient (Wildman–Crippen LogP) is 3.64. The molecule has 26 heavy (non-hydrogen) atoms. The molecule has 1 aliphatic heterocycles. The summed E-state index contributed by atoms with van der Waals surface area (Å²) in [5.74, 6) is 2.16. The minimum absolute atomic E-state index is 0.0940. The molecule has 0 aliphatic carbocycles. The van der Waals surface area contributed by atoms with Gasteiger partial charge in [0.15, 0.2) is 0 Å². The van der Waals surface area contributed by atoms with Crippen molar-refractivity contribution in [2.24, 2.45) is 0 Å². The first kappa shape index (κ1) is 16.3. The zero-order valence-electron chi connectivity index (χ0n) is 14.9. The van der Waals surface area contributed by atoms with Gasteiger partial charge in [0.25, 0.3) is 0 Å². The van der Waals surface area contributed by atoms with Gasteiger partial charge in [-0.15, -0.1) is 0 Å². The molecule has 2 N–H and O–H groups in total. The third kappa shape index (κ3) is 2.54. The third-order valence-corrected chi connectivity index (χ3v) is 4.62. The quantitative estimate of drug-likeness (QED) is 0.754. The summed E-state index contributed by atoms with van der Waals surface area (Å²) < 4.78 is 13.0. The Labute approximate surface area is 150 Å². The number of nitrogens with one attached hydrogen (secondary N) is 1. The normalized spacial score (nSPS) is 14.7. The fourth-order valence-electron chi connectivity index (χ4n) is 3.28. The van der Waals surface area contributed by atoms with E-state index in [0.29, 0.717) is 23.7 Å². The molecule has 1 aromatic heterocycles. The molecule has 2 heterocycles. The molecule has 0 saturated heterocycles. The lowest BCUT2D eigenvalue weighted by atomic mass is 9.86. The number of hydrogen-bond donors (Lipinski definition) is 2. The highest BCUT2D eigenvalue weighted by Gasteiger charge is 2.35. The Morgan fingerprint density at radius 2 is 1.92 bits per heavy atom. The number of aryl methyl sites for hydroxylation is 1. The zero-order valence-corrected chi connectivity index (χ0v) is 14.9. The highest BCUT2D eigenvalue weighted by molar-refractivity contribution is 5.53. The molecule has 0 saturated carbocycles. The number of aromatic hydroxyl groups is 1. The van der Waals surface area contributed by atoms with E-state index in [4.69, 9.17) is 9.47 Å². The topological polar surface area (TPSA) is 76.5 Å². The van der Waals surface area contributed by atoms with Crippen LogP contribution in [0.3, 0.4) is 0 Å². The van der Waals surface area contributed by atoms with Crippen molar-refractivity contribution in [2.45, 2.75) is 26.2 Å².